The zero-order valence-electron chi connectivity index (χ0n) is 10.7. The van der Waals surface area contributed by atoms with E-state index in [4.69, 9.17) is 11.2 Å². The lowest BCUT2D eigenvalue weighted by Crippen LogP contribution is -2.06. The normalized spacial score (nSPS) is 13.2. The van der Waals surface area contributed by atoms with Crippen molar-refractivity contribution in [1.29, 1.82) is 0 Å². The molecular weight excluding hydrogens is 216 g/mol. The summed E-state index contributed by atoms with van der Waals surface area (Å²) in [7, 11) is 1.53. The predicted octanol–water partition coefficient (Wildman–Crippen LogP) is 3.04. The highest BCUT2D eigenvalue weighted by molar-refractivity contribution is 5.86. The van der Waals surface area contributed by atoms with E-state index in [1.54, 1.807) is 25.1 Å². The third-order valence-corrected chi connectivity index (χ3v) is 2.84. The van der Waals surface area contributed by atoms with Gasteiger partial charge in [-0.15, -0.1) is 0 Å². The molecule has 2 rings (SSSR count). The third-order valence-electron chi connectivity index (χ3n) is 2.84. The molecule has 0 aliphatic rings. The van der Waals surface area contributed by atoms with E-state index in [9.17, 15) is 4.79 Å². The van der Waals surface area contributed by atoms with Crippen molar-refractivity contribution < 1.29 is 16.0 Å². The molecule has 2 aromatic rings. The van der Waals surface area contributed by atoms with Gasteiger partial charge in [-0.25, -0.2) is 0 Å². The minimum atomic E-state index is -0.853. The quantitative estimate of drug-likeness (QED) is 0.884. The van der Waals surface area contributed by atoms with Crippen molar-refractivity contribution in [2.24, 2.45) is 0 Å². The van der Waals surface area contributed by atoms with E-state index in [-0.39, 0.29) is 0 Å². The molecule has 88 valence electrons. The van der Waals surface area contributed by atoms with Crippen LogP contribution in [0.1, 0.15) is 19.8 Å². The van der Waals surface area contributed by atoms with Crippen LogP contribution in [0.4, 0.5) is 0 Å². The molecule has 3 heteroatoms. The predicted molar refractivity (Wildman–Crippen MR) is 66.6 cm³/mol. The lowest BCUT2D eigenvalue weighted by Gasteiger charge is -2.08. The van der Waals surface area contributed by atoms with E-state index >= 15 is 0 Å². The van der Waals surface area contributed by atoms with Gasteiger partial charge in [0.2, 0.25) is 0 Å². The van der Waals surface area contributed by atoms with Crippen LogP contribution in [0.3, 0.4) is 0 Å². The average Bonchev–Trinajstić information content (AvgIpc) is 2.37. The highest BCUT2D eigenvalue weighted by Crippen LogP contribution is 2.25. The maximum absolute atomic E-state index is 10.9. The molecule has 3 nitrogen and oxygen atoms in total. The maximum atomic E-state index is 10.9. The number of hydrogen-bond acceptors (Lipinski definition) is 2. The van der Waals surface area contributed by atoms with Crippen LogP contribution in [-0.4, -0.2) is 18.2 Å². The molecule has 0 saturated heterocycles. The van der Waals surface area contributed by atoms with Crippen LogP contribution in [0.15, 0.2) is 36.4 Å². The molecule has 0 amide bonds. The van der Waals surface area contributed by atoms with E-state index in [0.717, 1.165) is 16.3 Å². The van der Waals surface area contributed by atoms with Crippen molar-refractivity contribution in [3.8, 4) is 5.75 Å². The first kappa shape index (κ1) is 10.1. The SMILES string of the molecule is [3H]c1c(OC)ccc2cc([C@@H](C)C(=O)O)ccc12. The van der Waals surface area contributed by atoms with Crippen molar-refractivity contribution >= 4 is 16.7 Å². The van der Waals surface area contributed by atoms with Crippen LogP contribution in [0, 0.1) is 0 Å². The van der Waals surface area contributed by atoms with E-state index in [2.05, 4.69) is 0 Å². The topological polar surface area (TPSA) is 46.5 Å². The number of hydrogen-bond donors (Lipinski definition) is 1. The number of carboxylic acid groups (broad SMARTS) is 1. The lowest BCUT2D eigenvalue weighted by molar-refractivity contribution is -0.138. The van der Waals surface area contributed by atoms with Gasteiger partial charge in [-0.05, 0) is 35.4 Å². The second-order valence-corrected chi connectivity index (χ2v) is 3.93. The molecule has 0 saturated carbocycles. The Kier molecular flexibility index (Phi) is 2.66. The average molecular weight is 232 g/mol. The van der Waals surface area contributed by atoms with Gasteiger partial charge < -0.3 is 9.84 Å². The number of methoxy groups -OCH3 is 1. The lowest BCUT2D eigenvalue weighted by atomic mass is 9.98. The standard InChI is InChI=1S/C14H14O3/c1-9(14(15)16)10-3-4-12-8-13(17-2)6-5-11(12)7-10/h3-9H,1-2H3,(H,15,16)/t9-/m1/s1/i8T. The summed E-state index contributed by atoms with van der Waals surface area (Å²) in [5.41, 5.74) is 0.736. The first-order chi connectivity index (χ1) is 8.54. The summed E-state index contributed by atoms with van der Waals surface area (Å²) in [6.45, 7) is 1.65. The molecule has 0 radical (unpaired) electrons. The molecule has 0 heterocycles. The molecule has 0 aromatic heterocycles. The van der Waals surface area contributed by atoms with Gasteiger partial charge in [0, 0.05) is 0 Å². The Labute approximate surface area is 101 Å². The Bertz CT molecular complexity index is 607. The molecule has 1 atom stereocenters. The Morgan fingerprint density at radius 2 is 2.06 bits per heavy atom. The number of fused-ring (bicyclic) bond motifs is 1. The summed E-state index contributed by atoms with van der Waals surface area (Å²) < 4.78 is 13.0. The summed E-state index contributed by atoms with van der Waals surface area (Å²) in [6, 6.07) is 9.22. The van der Waals surface area contributed by atoms with Gasteiger partial charge in [0.05, 0.1) is 14.4 Å². The second-order valence-electron chi connectivity index (χ2n) is 3.93. The second kappa shape index (κ2) is 4.45. The molecule has 2 aromatic carbocycles. The van der Waals surface area contributed by atoms with Gasteiger partial charge in [0.15, 0.2) is 0 Å². The maximum Gasteiger partial charge on any atom is 0.310 e. The number of benzene rings is 2. The van der Waals surface area contributed by atoms with Crippen molar-refractivity contribution in [1.82, 2.24) is 0 Å². The molecule has 0 fully saturated rings. The molecule has 0 aliphatic carbocycles. The van der Waals surface area contributed by atoms with Crippen molar-refractivity contribution in [2.45, 2.75) is 12.8 Å². The highest BCUT2D eigenvalue weighted by atomic mass is 16.5. The number of aliphatic carboxylic acids is 1. The molecule has 17 heavy (non-hydrogen) atoms. The first-order valence-electron chi connectivity index (χ1n) is 5.84. The van der Waals surface area contributed by atoms with E-state index < -0.39 is 11.9 Å². The van der Waals surface area contributed by atoms with Crippen LogP contribution in [0.2, 0.25) is 0 Å². The van der Waals surface area contributed by atoms with E-state index in [0.29, 0.717) is 11.8 Å². The minimum absolute atomic E-state index is 0.324. The smallest absolute Gasteiger partial charge is 0.310 e. The Morgan fingerprint density at radius 3 is 2.71 bits per heavy atom. The molecule has 0 bridgehead atoms. The van der Waals surface area contributed by atoms with Crippen molar-refractivity contribution in [2.75, 3.05) is 7.11 Å². The summed E-state index contributed by atoms with van der Waals surface area (Å²) in [4.78, 5) is 10.9. The zero-order chi connectivity index (χ0) is 13.3. The number of carboxylic acids is 1. The zero-order valence-corrected chi connectivity index (χ0v) is 9.73. The Balaban J connectivity index is 2.57. The monoisotopic (exact) mass is 232 g/mol. The molecular formula is C14H14O3. The summed E-state index contributed by atoms with van der Waals surface area (Å²) in [6.07, 6.45) is 0. The Hall–Kier alpha value is -2.03. The van der Waals surface area contributed by atoms with Gasteiger partial charge in [-0.3, -0.25) is 4.79 Å². The molecule has 0 unspecified atom stereocenters. The van der Waals surface area contributed by atoms with Gasteiger partial charge in [-0.1, -0.05) is 24.3 Å². The summed E-state index contributed by atoms with van der Waals surface area (Å²) in [5.74, 6) is -0.888. The highest BCUT2D eigenvalue weighted by Gasteiger charge is 2.13. The first-order valence-corrected chi connectivity index (χ1v) is 5.34. The minimum Gasteiger partial charge on any atom is -0.497 e. The van der Waals surface area contributed by atoms with Crippen LogP contribution in [0.25, 0.3) is 10.8 Å². The third kappa shape index (κ3) is 2.23. The fourth-order valence-electron chi connectivity index (χ4n) is 1.70. The van der Waals surface area contributed by atoms with Crippen molar-refractivity contribution in [3.63, 3.8) is 0 Å². The fourth-order valence-corrected chi connectivity index (χ4v) is 1.70. The van der Waals surface area contributed by atoms with Crippen LogP contribution >= 0.6 is 0 Å². The van der Waals surface area contributed by atoms with Crippen molar-refractivity contribution in [3.05, 3.63) is 41.9 Å². The molecule has 0 spiro atoms. The van der Waals surface area contributed by atoms with Gasteiger partial charge >= 0.3 is 5.97 Å². The number of rotatable bonds is 3. The largest absolute Gasteiger partial charge is 0.497 e. The Morgan fingerprint density at radius 1 is 1.35 bits per heavy atom. The van der Waals surface area contributed by atoms with Gasteiger partial charge in [0.25, 0.3) is 0 Å². The van der Waals surface area contributed by atoms with Crippen LogP contribution in [-0.2, 0) is 4.79 Å². The molecule has 1 N–H and O–H groups in total. The number of carbonyl (C=O) groups is 1. The fraction of sp³-hybridized carbons (Fsp3) is 0.214. The van der Waals surface area contributed by atoms with Crippen LogP contribution < -0.4 is 4.74 Å². The summed E-state index contributed by atoms with van der Waals surface area (Å²) >= 11 is 0. The molecule has 0 aliphatic heterocycles. The van der Waals surface area contributed by atoms with E-state index in [1.165, 1.54) is 7.11 Å². The van der Waals surface area contributed by atoms with Gasteiger partial charge in [-0.2, -0.15) is 0 Å². The van der Waals surface area contributed by atoms with Crippen LogP contribution in [0.5, 0.6) is 5.75 Å². The number of ether oxygens (including phenoxy) is 1. The van der Waals surface area contributed by atoms with Gasteiger partial charge in [0.1, 0.15) is 5.75 Å². The van der Waals surface area contributed by atoms with E-state index in [1.807, 2.05) is 12.1 Å². The summed E-state index contributed by atoms with van der Waals surface area (Å²) in [5, 5.41) is 10.6.